The molecule has 0 heterocycles. The minimum absolute atomic E-state index is 0.0581. The van der Waals surface area contributed by atoms with Crippen molar-refractivity contribution >= 4 is 21.9 Å². The highest BCUT2D eigenvalue weighted by molar-refractivity contribution is 7.89. The first-order valence-electron chi connectivity index (χ1n) is 10.2. The summed E-state index contributed by atoms with van der Waals surface area (Å²) in [6.45, 7) is 8.55. The van der Waals surface area contributed by atoms with Crippen LogP contribution in [0.4, 0.5) is 4.39 Å². The van der Waals surface area contributed by atoms with E-state index in [1.165, 1.54) is 35.2 Å². The first-order valence-corrected chi connectivity index (χ1v) is 11.6. The van der Waals surface area contributed by atoms with E-state index in [1.54, 1.807) is 46.8 Å². The number of rotatable bonds is 8. The van der Waals surface area contributed by atoms with Gasteiger partial charge in [0.25, 0.3) is 5.91 Å². The summed E-state index contributed by atoms with van der Waals surface area (Å²) in [4.78, 5) is 26.5. The number of esters is 1. The van der Waals surface area contributed by atoms with Gasteiger partial charge in [-0.05, 0) is 70.0 Å². The summed E-state index contributed by atoms with van der Waals surface area (Å²) in [7, 11) is -3.84. The number of benzene rings is 2. The number of halogens is 1. The van der Waals surface area contributed by atoms with Gasteiger partial charge in [-0.25, -0.2) is 22.3 Å². The van der Waals surface area contributed by atoms with Gasteiger partial charge in [0.15, 0.2) is 6.61 Å². The molecule has 2 aromatic carbocycles. The molecule has 2 rings (SSSR count). The van der Waals surface area contributed by atoms with E-state index in [0.29, 0.717) is 17.7 Å². The van der Waals surface area contributed by atoms with Crippen molar-refractivity contribution in [1.82, 2.24) is 9.62 Å². The molecule has 0 atom stereocenters. The molecule has 0 aliphatic heterocycles. The monoisotopic (exact) mass is 464 g/mol. The zero-order valence-electron chi connectivity index (χ0n) is 18.9. The molecule has 0 aromatic heterocycles. The number of nitrogens with one attached hydrogen (secondary N) is 1. The van der Waals surface area contributed by atoms with Gasteiger partial charge in [-0.15, -0.1) is 0 Å². The maximum absolute atomic E-state index is 13.4. The van der Waals surface area contributed by atoms with E-state index in [9.17, 15) is 22.4 Å². The number of hydrogen-bond acceptors (Lipinski definition) is 5. The van der Waals surface area contributed by atoms with Gasteiger partial charge in [-0.2, -0.15) is 0 Å². The van der Waals surface area contributed by atoms with Gasteiger partial charge in [0.2, 0.25) is 10.0 Å². The van der Waals surface area contributed by atoms with E-state index in [1.807, 2.05) is 0 Å². The third-order valence-corrected chi connectivity index (χ3v) is 6.26. The van der Waals surface area contributed by atoms with Crippen molar-refractivity contribution in [3.8, 4) is 0 Å². The number of likely N-dealkylation sites (N-methyl/N-ethyl adjacent to an activating group) is 1. The second kappa shape index (κ2) is 10.2. The number of hydrogen-bond donors (Lipinski definition) is 1. The highest BCUT2D eigenvalue weighted by Crippen LogP contribution is 2.19. The second-order valence-electron chi connectivity index (χ2n) is 8.45. The molecule has 0 unspecified atom stereocenters. The molecule has 0 aliphatic rings. The number of ether oxygens (including phenoxy) is 1. The van der Waals surface area contributed by atoms with E-state index in [4.69, 9.17) is 4.74 Å². The molecule has 9 heteroatoms. The quantitative estimate of drug-likeness (QED) is 0.605. The van der Waals surface area contributed by atoms with Crippen LogP contribution in [0, 0.1) is 12.7 Å². The van der Waals surface area contributed by atoms with Crippen molar-refractivity contribution in [2.24, 2.45) is 0 Å². The van der Waals surface area contributed by atoms with Crippen LogP contribution in [0.1, 0.15) is 49.2 Å². The number of carbonyl (C=O) groups is 2. The standard InChI is InChI=1S/C23H29FN2O5S/c1-6-26(14-17-8-7-9-18(24)12-17)21(27)15-31-22(28)20-13-19(11-10-16(20)2)32(29,30)25-23(3,4)5/h7-13,25H,6,14-15H2,1-5H3. The molecule has 1 N–H and O–H groups in total. The maximum Gasteiger partial charge on any atom is 0.338 e. The molecule has 0 saturated carbocycles. The van der Waals surface area contributed by atoms with Crippen LogP contribution >= 0.6 is 0 Å². The van der Waals surface area contributed by atoms with Gasteiger partial charge in [-0.1, -0.05) is 18.2 Å². The molecular weight excluding hydrogens is 435 g/mol. The summed E-state index contributed by atoms with van der Waals surface area (Å²) < 4.78 is 46.2. The van der Waals surface area contributed by atoms with Gasteiger partial charge in [0, 0.05) is 18.6 Å². The zero-order chi connectivity index (χ0) is 24.1. The predicted octanol–water partition coefficient (Wildman–Crippen LogP) is 3.42. The van der Waals surface area contributed by atoms with Crippen LogP contribution < -0.4 is 4.72 Å². The van der Waals surface area contributed by atoms with Gasteiger partial charge in [0.1, 0.15) is 5.82 Å². The highest BCUT2D eigenvalue weighted by Gasteiger charge is 2.24. The van der Waals surface area contributed by atoms with E-state index < -0.39 is 39.9 Å². The summed E-state index contributed by atoms with van der Waals surface area (Å²) in [6, 6.07) is 10.1. The second-order valence-corrected chi connectivity index (χ2v) is 10.1. The lowest BCUT2D eigenvalue weighted by atomic mass is 10.1. The summed E-state index contributed by atoms with van der Waals surface area (Å²) in [5.74, 6) is -1.64. The molecule has 7 nitrogen and oxygen atoms in total. The topological polar surface area (TPSA) is 92.8 Å². The first-order chi connectivity index (χ1) is 14.8. The molecule has 0 spiro atoms. The molecule has 0 saturated heterocycles. The maximum atomic E-state index is 13.4. The Morgan fingerprint density at radius 1 is 1.12 bits per heavy atom. The van der Waals surface area contributed by atoms with Crippen molar-refractivity contribution in [3.05, 3.63) is 65.0 Å². The van der Waals surface area contributed by atoms with Gasteiger partial charge >= 0.3 is 5.97 Å². The minimum atomic E-state index is -3.84. The lowest BCUT2D eigenvalue weighted by molar-refractivity contribution is -0.134. The molecule has 1 amide bonds. The van der Waals surface area contributed by atoms with Crippen LogP contribution in [0.2, 0.25) is 0 Å². The third-order valence-electron chi connectivity index (χ3n) is 4.50. The van der Waals surface area contributed by atoms with Crippen LogP contribution in [0.25, 0.3) is 0 Å². The van der Waals surface area contributed by atoms with Crippen molar-refractivity contribution in [1.29, 1.82) is 0 Å². The van der Waals surface area contributed by atoms with Gasteiger partial charge < -0.3 is 9.64 Å². The minimum Gasteiger partial charge on any atom is -0.452 e. The predicted molar refractivity (Wildman–Crippen MR) is 119 cm³/mol. The Morgan fingerprint density at radius 2 is 1.81 bits per heavy atom. The Kier molecular flexibility index (Phi) is 8.14. The molecule has 0 fully saturated rings. The van der Waals surface area contributed by atoms with Gasteiger partial charge in [-0.3, -0.25) is 4.79 Å². The molecule has 0 aliphatic carbocycles. The van der Waals surface area contributed by atoms with Crippen molar-refractivity contribution in [2.45, 2.75) is 51.6 Å². The largest absolute Gasteiger partial charge is 0.452 e. The smallest absolute Gasteiger partial charge is 0.338 e. The first kappa shape index (κ1) is 25.5. The van der Waals surface area contributed by atoms with E-state index in [2.05, 4.69) is 4.72 Å². The van der Waals surface area contributed by atoms with Crippen LogP contribution in [-0.4, -0.2) is 43.9 Å². The van der Waals surface area contributed by atoms with Crippen molar-refractivity contribution in [2.75, 3.05) is 13.2 Å². The van der Waals surface area contributed by atoms with E-state index >= 15 is 0 Å². The number of sulfonamides is 1. The Bertz CT molecular complexity index is 1090. The van der Waals surface area contributed by atoms with Gasteiger partial charge in [0.05, 0.1) is 10.5 Å². The average Bonchev–Trinajstić information content (AvgIpc) is 2.68. The SMILES string of the molecule is CCN(Cc1cccc(F)c1)C(=O)COC(=O)c1cc(S(=O)(=O)NC(C)(C)C)ccc1C. The number of nitrogens with zero attached hydrogens (tertiary/aromatic N) is 1. The Labute approximate surface area is 188 Å². The van der Waals surface area contributed by atoms with Crippen molar-refractivity contribution < 1.29 is 27.1 Å². The van der Waals surface area contributed by atoms with E-state index in [-0.39, 0.29) is 17.0 Å². The summed E-state index contributed by atoms with van der Waals surface area (Å²) in [6.07, 6.45) is 0. The normalized spacial score (nSPS) is 11.8. The molecular formula is C23H29FN2O5S. The Balaban J connectivity index is 2.10. The molecule has 0 radical (unpaired) electrons. The van der Waals surface area contributed by atoms with Crippen LogP contribution in [0.3, 0.4) is 0 Å². The molecule has 0 bridgehead atoms. The third kappa shape index (κ3) is 7.13. The van der Waals surface area contributed by atoms with E-state index in [0.717, 1.165) is 0 Å². The van der Waals surface area contributed by atoms with Crippen LogP contribution in [-0.2, 0) is 26.1 Å². The van der Waals surface area contributed by atoms with Crippen LogP contribution in [0.5, 0.6) is 0 Å². The molecule has 32 heavy (non-hydrogen) atoms. The summed E-state index contributed by atoms with van der Waals surface area (Å²) in [5.41, 5.74) is 0.501. The lowest BCUT2D eigenvalue weighted by Crippen LogP contribution is -2.40. The van der Waals surface area contributed by atoms with Crippen molar-refractivity contribution in [3.63, 3.8) is 0 Å². The summed E-state index contributed by atoms with van der Waals surface area (Å²) >= 11 is 0. The fourth-order valence-electron chi connectivity index (χ4n) is 2.98. The Morgan fingerprint density at radius 3 is 2.41 bits per heavy atom. The number of carbonyl (C=O) groups excluding carboxylic acids is 2. The fraction of sp³-hybridized carbons (Fsp3) is 0.391. The number of amides is 1. The molecule has 2 aromatic rings. The Hall–Kier alpha value is -2.78. The average molecular weight is 465 g/mol. The summed E-state index contributed by atoms with van der Waals surface area (Å²) in [5, 5.41) is 0. The zero-order valence-corrected chi connectivity index (χ0v) is 19.8. The lowest BCUT2D eigenvalue weighted by Gasteiger charge is -2.21. The van der Waals surface area contributed by atoms with Crippen LogP contribution in [0.15, 0.2) is 47.4 Å². The fourth-order valence-corrected chi connectivity index (χ4v) is 4.42. The number of aryl methyl sites for hydroxylation is 1. The molecule has 174 valence electrons. The highest BCUT2D eigenvalue weighted by atomic mass is 32.2.